The molecule has 0 spiro atoms. The zero-order valence-corrected chi connectivity index (χ0v) is 7.93. The zero-order valence-electron chi connectivity index (χ0n) is 7.93. The highest BCUT2D eigenvalue weighted by molar-refractivity contribution is 5.58. The Kier molecular flexibility index (Phi) is 3.41. The maximum atomic E-state index is 12.4. The minimum absolute atomic E-state index is 0.277. The van der Waals surface area contributed by atoms with Gasteiger partial charge in [0.2, 0.25) is 0 Å². The molecule has 15 heavy (non-hydrogen) atoms. The van der Waals surface area contributed by atoms with E-state index >= 15 is 0 Å². The van der Waals surface area contributed by atoms with Gasteiger partial charge in [-0.25, -0.2) is 0 Å². The zero-order chi connectivity index (χ0) is 11.5. The fraction of sp³-hybridized carbons (Fsp3) is 0.333. The summed E-state index contributed by atoms with van der Waals surface area (Å²) in [7, 11) is 0. The van der Waals surface area contributed by atoms with Crippen molar-refractivity contribution in [3.05, 3.63) is 23.8 Å². The summed E-state index contributed by atoms with van der Waals surface area (Å²) in [5, 5.41) is 2.75. The first-order valence-electron chi connectivity index (χ1n) is 4.36. The van der Waals surface area contributed by atoms with E-state index in [9.17, 15) is 13.2 Å². The molecule has 0 aliphatic heterocycles. The molecule has 0 heterocycles. The van der Waals surface area contributed by atoms with Crippen molar-refractivity contribution in [1.82, 2.24) is 0 Å². The van der Waals surface area contributed by atoms with Crippen molar-refractivity contribution in [1.29, 1.82) is 0 Å². The number of nitrogens with one attached hydrogen (secondary N) is 1. The molecule has 0 saturated heterocycles. The second kappa shape index (κ2) is 4.39. The lowest BCUT2D eigenvalue weighted by molar-refractivity contribution is -0.136. The second-order valence-corrected chi connectivity index (χ2v) is 3.02. The van der Waals surface area contributed by atoms with Gasteiger partial charge in [0, 0.05) is 24.5 Å². The minimum atomic E-state index is -4.43. The number of hydrogen-bond acceptors (Lipinski definition) is 3. The van der Waals surface area contributed by atoms with E-state index in [4.69, 9.17) is 11.5 Å². The third kappa shape index (κ3) is 3.02. The number of benzene rings is 1. The van der Waals surface area contributed by atoms with Crippen LogP contribution < -0.4 is 16.8 Å². The van der Waals surface area contributed by atoms with E-state index in [1.165, 1.54) is 12.1 Å². The molecule has 0 atom stereocenters. The first-order chi connectivity index (χ1) is 6.95. The molecule has 0 aliphatic rings. The van der Waals surface area contributed by atoms with Gasteiger partial charge in [0.05, 0.1) is 5.56 Å². The smallest absolute Gasteiger partial charge is 0.398 e. The summed E-state index contributed by atoms with van der Waals surface area (Å²) in [5.41, 5.74) is 9.71. The van der Waals surface area contributed by atoms with Crippen LogP contribution in [0.3, 0.4) is 0 Å². The summed E-state index contributed by atoms with van der Waals surface area (Å²) in [6.07, 6.45) is -4.43. The lowest BCUT2D eigenvalue weighted by Gasteiger charge is -2.12. The summed E-state index contributed by atoms with van der Waals surface area (Å²) in [6, 6.07) is 3.69. The Balaban J connectivity index is 2.95. The highest BCUT2D eigenvalue weighted by Crippen LogP contribution is 2.34. The number of alkyl halides is 3. The monoisotopic (exact) mass is 219 g/mol. The van der Waals surface area contributed by atoms with Crippen LogP contribution in [0.2, 0.25) is 0 Å². The van der Waals surface area contributed by atoms with Crippen molar-refractivity contribution in [3.63, 3.8) is 0 Å². The van der Waals surface area contributed by atoms with Crippen molar-refractivity contribution >= 4 is 11.4 Å². The highest BCUT2D eigenvalue weighted by atomic mass is 19.4. The molecule has 0 fully saturated rings. The quantitative estimate of drug-likeness (QED) is 0.677. The Labute approximate surface area is 85.3 Å². The fourth-order valence-corrected chi connectivity index (χ4v) is 1.13. The first-order valence-corrected chi connectivity index (χ1v) is 4.36. The van der Waals surface area contributed by atoms with Gasteiger partial charge in [-0.3, -0.25) is 0 Å². The van der Waals surface area contributed by atoms with Crippen molar-refractivity contribution in [3.8, 4) is 0 Å². The van der Waals surface area contributed by atoms with Crippen LogP contribution in [0.15, 0.2) is 18.2 Å². The van der Waals surface area contributed by atoms with Crippen LogP contribution in [-0.4, -0.2) is 13.1 Å². The number of hydrogen-bond donors (Lipinski definition) is 3. The molecule has 84 valence electrons. The third-order valence-electron chi connectivity index (χ3n) is 1.83. The molecule has 0 aliphatic carbocycles. The van der Waals surface area contributed by atoms with Crippen LogP contribution in [0.1, 0.15) is 5.56 Å². The van der Waals surface area contributed by atoms with Gasteiger partial charge in [-0.05, 0) is 18.2 Å². The Hall–Kier alpha value is -1.43. The van der Waals surface area contributed by atoms with Crippen molar-refractivity contribution in [2.45, 2.75) is 6.18 Å². The number of anilines is 2. The Morgan fingerprint density at radius 3 is 2.47 bits per heavy atom. The first kappa shape index (κ1) is 11.6. The molecule has 0 amide bonds. The van der Waals surface area contributed by atoms with E-state index < -0.39 is 11.7 Å². The average Bonchev–Trinajstić information content (AvgIpc) is 2.15. The van der Waals surface area contributed by atoms with Crippen molar-refractivity contribution in [2.24, 2.45) is 5.73 Å². The topological polar surface area (TPSA) is 64.1 Å². The lowest BCUT2D eigenvalue weighted by atomic mass is 10.1. The molecule has 0 aromatic heterocycles. The number of nitrogens with two attached hydrogens (primary N) is 2. The largest absolute Gasteiger partial charge is 0.418 e. The van der Waals surface area contributed by atoms with E-state index in [2.05, 4.69) is 5.32 Å². The maximum Gasteiger partial charge on any atom is 0.418 e. The minimum Gasteiger partial charge on any atom is -0.398 e. The third-order valence-corrected chi connectivity index (χ3v) is 1.83. The molecule has 0 saturated carbocycles. The molecule has 0 bridgehead atoms. The van der Waals surface area contributed by atoms with E-state index in [0.717, 1.165) is 6.07 Å². The standard InChI is InChI=1S/C9H12F3N3/c10-9(11,12)7-5-6(15-4-3-13)1-2-8(7)14/h1-2,5,15H,3-4,13-14H2. The van der Waals surface area contributed by atoms with Gasteiger partial charge < -0.3 is 16.8 Å². The molecular weight excluding hydrogens is 207 g/mol. The number of nitrogen functional groups attached to an aromatic ring is 1. The molecule has 1 aromatic carbocycles. The van der Waals surface area contributed by atoms with Crippen LogP contribution in [0.4, 0.5) is 24.5 Å². The van der Waals surface area contributed by atoms with Gasteiger partial charge in [0.15, 0.2) is 0 Å². The lowest BCUT2D eigenvalue weighted by Crippen LogP contribution is -2.14. The maximum absolute atomic E-state index is 12.4. The molecule has 0 radical (unpaired) electrons. The summed E-state index contributed by atoms with van der Waals surface area (Å²) < 4.78 is 37.3. The van der Waals surface area contributed by atoms with E-state index in [1.54, 1.807) is 0 Å². The van der Waals surface area contributed by atoms with Crippen LogP contribution >= 0.6 is 0 Å². The van der Waals surface area contributed by atoms with Gasteiger partial charge in [-0.1, -0.05) is 0 Å². The molecule has 6 heteroatoms. The molecule has 3 nitrogen and oxygen atoms in total. The average molecular weight is 219 g/mol. The Bertz CT molecular complexity index is 336. The Morgan fingerprint density at radius 2 is 1.93 bits per heavy atom. The van der Waals surface area contributed by atoms with Gasteiger partial charge in [0.25, 0.3) is 0 Å². The van der Waals surface area contributed by atoms with Crippen molar-refractivity contribution in [2.75, 3.05) is 24.1 Å². The van der Waals surface area contributed by atoms with Crippen LogP contribution in [0, 0.1) is 0 Å². The van der Waals surface area contributed by atoms with E-state index in [0.29, 0.717) is 18.8 Å². The summed E-state index contributed by atoms with van der Waals surface area (Å²) in [6.45, 7) is 0.771. The second-order valence-electron chi connectivity index (χ2n) is 3.02. The van der Waals surface area contributed by atoms with E-state index in [1.807, 2.05) is 0 Å². The van der Waals surface area contributed by atoms with Crippen LogP contribution in [0.25, 0.3) is 0 Å². The molecule has 1 rings (SSSR count). The summed E-state index contributed by atoms with van der Waals surface area (Å²) in [4.78, 5) is 0. The normalized spacial score (nSPS) is 11.5. The van der Waals surface area contributed by atoms with Gasteiger partial charge in [-0.2, -0.15) is 13.2 Å². The molecule has 1 aromatic rings. The SMILES string of the molecule is NCCNc1ccc(N)c(C(F)(F)F)c1. The number of halogens is 3. The predicted molar refractivity (Wildman–Crippen MR) is 53.4 cm³/mol. The Morgan fingerprint density at radius 1 is 1.27 bits per heavy atom. The van der Waals surface area contributed by atoms with Crippen molar-refractivity contribution < 1.29 is 13.2 Å². The van der Waals surface area contributed by atoms with Crippen LogP contribution in [0.5, 0.6) is 0 Å². The predicted octanol–water partition coefficient (Wildman–Crippen LogP) is 1.66. The van der Waals surface area contributed by atoms with Gasteiger partial charge in [-0.15, -0.1) is 0 Å². The van der Waals surface area contributed by atoms with E-state index in [-0.39, 0.29) is 5.69 Å². The molecule has 0 unspecified atom stereocenters. The van der Waals surface area contributed by atoms with Gasteiger partial charge in [0.1, 0.15) is 0 Å². The molecular formula is C9H12F3N3. The summed E-state index contributed by atoms with van der Waals surface area (Å²) >= 11 is 0. The molecule has 5 N–H and O–H groups in total. The van der Waals surface area contributed by atoms with Crippen LogP contribution in [-0.2, 0) is 6.18 Å². The fourth-order valence-electron chi connectivity index (χ4n) is 1.13. The van der Waals surface area contributed by atoms with Gasteiger partial charge >= 0.3 is 6.18 Å². The highest BCUT2D eigenvalue weighted by Gasteiger charge is 2.33. The number of rotatable bonds is 3. The summed E-state index contributed by atoms with van der Waals surface area (Å²) in [5.74, 6) is 0.